The van der Waals surface area contributed by atoms with Crippen LogP contribution in [0.15, 0.2) is 30.8 Å². The largest absolute Gasteiger partial charge is 0.466 e. The van der Waals surface area contributed by atoms with Crippen LogP contribution in [0.2, 0.25) is 0 Å². The molecule has 0 saturated heterocycles. The van der Waals surface area contributed by atoms with Gasteiger partial charge in [-0.25, -0.2) is 0 Å². The summed E-state index contributed by atoms with van der Waals surface area (Å²) < 4.78 is 4.77. The van der Waals surface area contributed by atoms with Gasteiger partial charge in [0.2, 0.25) is 0 Å². The number of hydrogen-bond donors (Lipinski definition) is 0. The highest BCUT2D eigenvalue weighted by Crippen LogP contribution is 2.16. The molecule has 0 unspecified atom stereocenters. The maximum atomic E-state index is 11.6. The Morgan fingerprint density at radius 3 is 2.53 bits per heavy atom. The second kappa shape index (κ2) is 8.53. The van der Waals surface area contributed by atoms with Crippen molar-refractivity contribution in [3.63, 3.8) is 0 Å². The fourth-order valence-corrected chi connectivity index (χ4v) is 2.19. The average Bonchev–Trinajstić information content (AvgIpc) is 2.44. The molecule has 1 aromatic rings. The van der Waals surface area contributed by atoms with Gasteiger partial charge in [0, 0.05) is 12.2 Å². The predicted molar refractivity (Wildman–Crippen MR) is 78.7 cm³/mol. The van der Waals surface area contributed by atoms with E-state index in [2.05, 4.69) is 6.58 Å². The lowest BCUT2D eigenvalue weighted by Crippen LogP contribution is -2.06. The van der Waals surface area contributed by atoms with Crippen molar-refractivity contribution in [2.24, 2.45) is 0 Å². The fraction of sp³-hybridized carbons (Fsp3) is 0.333. The molecule has 0 amide bonds. The van der Waals surface area contributed by atoms with Gasteiger partial charge in [0.1, 0.15) is 0 Å². The van der Waals surface area contributed by atoms with Gasteiger partial charge < -0.3 is 4.74 Å². The number of carbonyl (C=O) groups excluding carboxylic acids is 2. The van der Waals surface area contributed by atoms with E-state index in [0.29, 0.717) is 12.4 Å². The molecule has 0 aliphatic carbocycles. The normalized spacial score (nSPS) is 9.95. The van der Waals surface area contributed by atoms with Crippen molar-refractivity contribution in [3.8, 4) is 0 Å². The number of hydrogen-bond acceptors (Lipinski definition) is 4. The summed E-state index contributed by atoms with van der Waals surface area (Å²) in [5.74, 6) is 0.311. The first-order valence-corrected chi connectivity index (χ1v) is 7.17. The lowest BCUT2D eigenvalue weighted by molar-refractivity contribution is -0.143. The summed E-state index contributed by atoms with van der Waals surface area (Å²) in [4.78, 5) is 22.7. The van der Waals surface area contributed by atoms with E-state index in [1.807, 2.05) is 24.3 Å². The Labute approximate surface area is 118 Å². The van der Waals surface area contributed by atoms with Crippen LogP contribution in [0.25, 0.3) is 6.08 Å². The van der Waals surface area contributed by atoms with Crippen LogP contribution in [0.5, 0.6) is 0 Å². The molecule has 19 heavy (non-hydrogen) atoms. The number of rotatable bonds is 7. The van der Waals surface area contributed by atoms with Gasteiger partial charge in [-0.15, -0.1) is 0 Å². The summed E-state index contributed by atoms with van der Waals surface area (Å²) in [6.45, 7) is 5.80. The molecule has 1 aromatic carbocycles. The zero-order chi connectivity index (χ0) is 14.1. The van der Waals surface area contributed by atoms with Crippen molar-refractivity contribution in [1.82, 2.24) is 0 Å². The molecule has 0 aliphatic heterocycles. The molecule has 0 aliphatic rings. The standard InChI is InChI=1S/C15H18O3S/c1-3-12-5-7-13(8-6-12)11-19-15(17)10-9-14(16)18-4-2/h3,5-8H,1,4,9-11H2,2H3. The molecule has 0 bridgehead atoms. The lowest BCUT2D eigenvalue weighted by Gasteiger charge is -2.02. The minimum absolute atomic E-state index is 0.0147. The smallest absolute Gasteiger partial charge is 0.306 e. The number of benzene rings is 1. The molecule has 0 saturated carbocycles. The first-order valence-electron chi connectivity index (χ1n) is 6.18. The molecule has 0 aromatic heterocycles. The molecule has 0 atom stereocenters. The van der Waals surface area contributed by atoms with Crippen molar-refractivity contribution >= 4 is 28.9 Å². The van der Waals surface area contributed by atoms with Crippen LogP contribution >= 0.6 is 11.8 Å². The zero-order valence-corrected chi connectivity index (χ0v) is 11.9. The molecular formula is C15H18O3S. The molecule has 0 fully saturated rings. The summed E-state index contributed by atoms with van der Waals surface area (Å²) in [6, 6.07) is 7.88. The molecule has 0 N–H and O–H groups in total. The molecule has 0 heterocycles. The van der Waals surface area contributed by atoms with Crippen LogP contribution in [0.3, 0.4) is 0 Å². The van der Waals surface area contributed by atoms with Gasteiger partial charge in [-0.1, -0.05) is 48.7 Å². The average molecular weight is 278 g/mol. The second-order valence-corrected chi connectivity index (χ2v) is 4.94. The van der Waals surface area contributed by atoms with Crippen LogP contribution in [0, 0.1) is 0 Å². The monoisotopic (exact) mass is 278 g/mol. The van der Waals surface area contributed by atoms with Gasteiger partial charge in [-0.2, -0.15) is 0 Å². The predicted octanol–water partition coefficient (Wildman–Crippen LogP) is 3.43. The molecule has 0 spiro atoms. The molecular weight excluding hydrogens is 260 g/mol. The van der Waals surface area contributed by atoms with Crippen LogP contribution in [-0.2, 0) is 20.1 Å². The Hall–Kier alpha value is -1.55. The van der Waals surface area contributed by atoms with Gasteiger partial charge in [-0.05, 0) is 18.1 Å². The van der Waals surface area contributed by atoms with Crippen LogP contribution in [0.4, 0.5) is 0 Å². The van der Waals surface area contributed by atoms with Crippen LogP contribution in [0.1, 0.15) is 30.9 Å². The Bertz CT molecular complexity index is 437. The Balaban J connectivity index is 2.29. The zero-order valence-electron chi connectivity index (χ0n) is 11.1. The summed E-state index contributed by atoms with van der Waals surface area (Å²) in [6.07, 6.45) is 2.17. The first kappa shape index (κ1) is 15.5. The molecule has 102 valence electrons. The van der Waals surface area contributed by atoms with Crippen molar-refractivity contribution in [2.75, 3.05) is 6.61 Å². The highest BCUT2D eigenvalue weighted by molar-refractivity contribution is 8.12. The lowest BCUT2D eigenvalue weighted by atomic mass is 10.1. The van der Waals surface area contributed by atoms with E-state index in [1.54, 1.807) is 13.0 Å². The van der Waals surface area contributed by atoms with Crippen molar-refractivity contribution < 1.29 is 14.3 Å². The topological polar surface area (TPSA) is 43.4 Å². The third kappa shape index (κ3) is 6.25. The number of thioether (sulfide) groups is 1. The van der Waals surface area contributed by atoms with Gasteiger partial charge in [-0.3, -0.25) is 9.59 Å². The molecule has 0 radical (unpaired) electrons. The first-order chi connectivity index (χ1) is 9.15. The third-order valence-electron chi connectivity index (χ3n) is 2.45. The van der Waals surface area contributed by atoms with E-state index in [-0.39, 0.29) is 23.9 Å². The molecule has 1 rings (SSSR count). The van der Waals surface area contributed by atoms with Gasteiger partial charge in [0.05, 0.1) is 13.0 Å². The van der Waals surface area contributed by atoms with E-state index in [9.17, 15) is 9.59 Å². The molecule has 4 heteroatoms. The number of esters is 1. The summed E-state index contributed by atoms with van der Waals surface area (Å²) in [5.41, 5.74) is 2.14. The van der Waals surface area contributed by atoms with Crippen molar-refractivity contribution in [1.29, 1.82) is 0 Å². The van der Waals surface area contributed by atoms with Crippen molar-refractivity contribution in [2.45, 2.75) is 25.5 Å². The van der Waals surface area contributed by atoms with E-state index in [1.165, 1.54) is 11.8 Å². The van der Waals surface area contributed by atoms with E-state index < -0.39 is 0 Å². The number of carbonyl (C=O) groups is 2. The van der Waals surface area contributed by atoms with E-state index in [4.69, 9.17) is 4.74 Å². The summed E-state index contributed by atoms with van der Waals surface area (Å²) in [7, 11) is 0. The van der Waals surface area contributed by atoms with Crippen LogP contribution in [-0.4, -0.2) is 17.7 Å². The van der Waals surface area contributed by atoms with E-state index in [0.717, 1.165) is 11.1 Å². The maximum Gasteiger partial charge on any atom is 0.306 e. The molecule has 3 nitrogen and oxygen atoms in total. The third-order valence-corrected chi connectivity index (χ3v) is 3.46. The highest BCUT2D eigenvalue weighted by atomic mass is 32.2. The minimum Gasteiger partial charge on any atom is -0.466 e. The SMILES string of the molecule is C=Cc1ccc(CSC(=O)CCC(=O)OCC)cc1. The Morgan fingerprint density at radius 1 is 1.26 bits per heavy atom. The fourth-order valence-electron chi connectivity index (χ4n) is 1.42. The van der Waals surface area contributed by atoms with Gasteiger partial charge in [0.15, 0.2) is 5.12 Å². The quantitative estimate of drug-likeness (QED) is 0.717. The van der Waals surface area contributed by atoms with Gasteiger partial charge in [0.25, 0.3) is 0 Å². The van der Waals surface area contributed by atoms with Crippen LogP contribution < -0.4 is 0 Å². The second-order valence-electron chi connectivity index (χ2n) is 3.91. The number of ether oxygens (including phenoxy) is 1. The van der Waals surface area contributed by atoms with Gasteiger partial charge >= 0.3 is 5.97 Å². The highest BCUT2D eigenvalue weighted by Gasteiger charge is 2.08. The minimum atomic E-state index is -0.313. The summed E-state index contributed by atoms with van der Waals surface area (Å²) in [5, 5.41) is 0.0147. The van der Waals surface area contributed by atoms with Crippen molar-refractivity contribution in [3.05, 3.63) is 42.0 Å². The maximum absolute atomic E-state index is 11.6. The van der Waals surface area contributed by atoms with E-state index >= 15 is 0 Å². The Morgan fingerprint density at radius 2 is 1.95 bits per heavy atom. The Kier molecular flexibility index (Phi) is 6.97. The summed E-state index contributed by atoms with van der Waals surface area (Å²) >= 11 is 1.23.